The van der Waals surface area contributed by atoms with Crippen LogP contribution in [0.15, 0.2) is 54.7 Å². The van der Waals surface area contributed by atoms with Gasteiger partial charge in [-0.2, -0.15) is 0 Å². The number of ether oxygens (including phenoxy) is 1. The fraction of sp³-hybridized carbons (Fsp3) is 0.308. The highest BCUT2D eigenvalue weighted by Gasteiger charge is 2.50. The molecule has 1 aromatic heterocycles. The Morgan fingerprint density at radius 1 is 1.06 bits per heavy atom. The SMILES string of the molecule is O=C(CCc1cnc(NC(=O)OCC2c3ccccc3-c3ccccc32)s1)NCC1(C(=O)O)CC1. The molecule has 0 unspecified atom stereocenters. The number of hydrogen-bond donors (Lipinski definition) is 3. The Kier molecular flexibility index (Phi) is 6.25. The monoisotopic (exact) mass is 491 g/mol. The molecular formula is C26H25N3O5S. The molecule has 2 aromatic carbocycles. The van der Waals surface area contributed by atoms with Crippen LogP contribution in [0.5, 0.6) is 0 Å². The van der Waals surface area contributed by atoms with Crippen LogP contribution in [-0.4, -0.2) is 41.2 Å². The number of aromatic nitrogens is 1. The molecule has 2 aliphatic carbocycles. The van der Waals surface area contributed by atoms with Gasteiger partial charge in [-0.05, 0) is 41.5 Å². The van der Waals surface area contributed by atoms with Crippen LogP contribution in [0.4, 0.5) is 9.93 Å². The smallest absolute Gasteiger partial charge is 0.413 e. The number of hydrogen-bond acceptors (Lipinski definition) is 6. The first-order valence-electron chi connectivity index (χ1n) is 11.5. The van der Waals surface area contributed by atoms with Crippen molar-refractivity contribution in [2.24, 2.45) is 5.41 Å². The van der Waals surface area contributed by atoms with Crippen molar-refractivity contribution in [1.29, 1.82) is 0 Å². The van der Waals surface area contributed by atoms with Gasteiger partial charge >= 0.3 is 12.1 Å². The van der Waals surface area contributed by atoms with Crippen molar-refractivity contribution in [1.82, 2.24) is 10.3 Å². The molecule has 0 bridgehead atoms. The van der Waals surface area contributed by atoms with E-state index >= 15 is 0 Å². The van der Waals surface area contributed by atoms with Crippen molar-refractivity contribution in [2.75, 3.05) is 18.5 Å². The maximum Gasteiger partial charge on any atom is 0.413 e. The highest BCUT2D eigenvalue weighted by atomic mass is 32.1. The van der Waals surface area contributed by atoms with Gasteiger partial charge in [-0.25, -0.2) is 9.78 Å². The van der Waals surface area contributed by atoms with Gasteiger partial charge in [0.2, 0.25) is 5.91 Å². The Morgan fingerprint density at radius 3 is 2.34 bits per heavy atom. The van der Waals surface area contributed by atoms with Gasteiger partial charge in [0, 0.05) is 30.0 Å². The average Bonchev–Trinajstić information content (AvgIpc) is 3.43. The Balaban J connectivity index is 1.10. The standard InChI is InChI=1S/C26H25N3O5S/c30-22(28-15-26(11-12-26)23(31)32)10-9-16-13-27-24(35-16)29-25(33)34-14-21-19-7-3-1-5-17(19)18-6-2-4-8-20(18)21/h1-8,13,21H,9-12,14-15H2,(H,28,30)(H,31,32)(H,27,29,33). The van der Waals surface area contributed by atoms with Crippen molar-refractivity contribution < 1.29 is 24.2 Å². The van der Waals surface area contributed by atoms with Gasteiger partial charge in [-0.15, -0.1) is 11.3 Å². The molecular weight excluding hydrogens is 466 g/mol. The molecule has 35 heavy (non-hydrogen) atoms. The maximum atomic E-state index is 12.4. The molecule has 8 nitrogen and oxygen atoms in total. The fourth-order valence-electron chi connectivity index (χ4n) is 4.41. The van der Waals surface area contributed by atoms with Crippen molar-refractivity contribution >= 4 is 34.4 Å². The van der Waals surface area contributed by atoms with Crippen molar-refractivity contribution in [3.05, 3.63) is 70.7 Å². The van der Waals surface area contributed by atoms with E-state index in [0.717, 1.165) is 16.0 Å². The molecule has 5 rings (SSSR count). The van der Waals surface area contributed by atoms with E-state index < -0.39 is 17.5 Å². The number of fused-ring (bicyclic) bond motifs is 3. The second-order valence-corrected chi connectivity index (χ2v) is 10.1. The number of carboxylic acid groups (broad SMARTS) is 1. The predicted octanol–water partition coefficient (Wildman–Crippen LogP) is 4.42. The number of aliphatic carboxylic acids is 1. The van der Waals surface area contributed by atoms with Crippen LogP contribution < -0.4 is 10.6 Å². The molecule has 0 spiro atoms. The number of nitrogens with zero attached hydrogens (tertiary/aromatic N) is 1. The minimum Gasteiger partial charge on any atom is -0.481 e. The van der Waals surface area contributed by atoms with Crippen LogP contribution in [-0.2, 0) is 20.7 Å². The third-order valence-electron chi connectivity index (χ3n) is 6.64. The second kappa shape index (κ2) is 9.50. The van der Waals surface area contributed by atoms with Gasteiger partial charge in [-0.1, -0.05) is 48.5 Å². The minimum absolute atomic E-state index is 0.0191. The van der Waals surface area contributed by atoms with Crippen molar-refractivity contribution in [3.8, 4) is 11.1 Å². The summed E-state index contributed by atoms with van der Waals surface area (Å²) in [6.45, 7) is 0.383. The summed E-state index contributed by atoms with van der Waals surface area (Å²) < 4.78 is 5.54. The topological polar surface area (TPSA) is 118 Å². The summed E-state index contributed by atoms with van der Waals surface area (Å²) in [5.74, 6) is -1.07. The molecule has 180 valence electrons. The molecule has 3 N–H and O–H groups in total. The number of anilines is 1. The molecule has 2 aliphatic rings. The van der Waals surface area contributed by atoms with E-state index in [1.54, 1.807) is 6.20 Å². The summed E-state index contributed by atoms with van der Waals surface area (Å²) in [5, 5.41) is 15.0. The van der Waals surface area contributed by atoms with Gasteiger partial charge in [-0.3, -0.25) is 14.9 Å². The number of aryl methyl sites for hydroxylation is 1. The van der Waals surface area contributed by atoms with E-state index in [9.17, 15) is 19.5 Å². The molecule has 0 radical (unpaired) electrons. The Hall–Kier alpha value is -3.72. The highest BCUT2D eigenvalue weighted by molar-refractivity contribution is 7.15. The molecule has 0 aliphatic heterocycles. The Bertz CT molecular complexity index is 1240. The summed E-state index contributed by atoms with van der Waals surface area (Å²) >= 11 is 1.28. The quantitative estimate of drug-likeness (QED) is 0.408. The Morgan fingerprint density at radius 2 is 1.71 bits per heavy atom. The van der Waals surface area contributed by atoms with Gasteiger partial charge < -0.3 is 15.2 Å². The number of carboxylic acids is 1. The summed E-state index contributed by atoms with van der Waals surface area (Å²) in [7, 11) is 0. The first kappa shape index (κ1) is 23.0. The van der Waals surface area contributed by atoms with Gasteiger partial charge in [0.15, 0.2) is 5.13 Å². The second-order valence-electron chi connectivity index (χ2n) is 8.94. The number of nitrogens with one attached hydrogen (secondary N) is 2. The van der Waals surface area contributed by atoms with E-state index in [1.165, 1.54) is 22.5 Å². The molecule has 1 saturated carbocycles. The minimum atomic E-state index is -0.857. The van der Waals surface area contributed by atoms with Crippen LogP contribution >= 0.6 is 11.3 Å². The normalized spacial score (nSPS) is 15.1. The lowest BCUT2D eigenvalue weighted by atomic mass is 9.98. The first-order valence-corrected chi connectivity index (χ1v) is 12.3. The summed E-state index contributed by atoms with van der Waals surface area (Å²) in [6, 6.07) is 16.3. The van der Waals surface area contributed by atoms with E-state index in [4.69, 9.17) is 4.74 Å². The maximum absolute atomic E-state index is 12.4. The first-order chi connectivity index (χ1) is 16.9. The van der Waals surface area contributed by atoms with Crippen LogP contribution in [0, 0.1) is 5.41 Å². The van der Waals surface area contributed by atoms with Crippen LogP contribution in [0.1, 0.15) is 41.2 Å². The number of carbonyl (C=O) groups is 3. The Labute approximate surface area is 206 Å². The lowest BCUT2D eigenvalue weighted by Crippen LogP contribution is -2.34. The van der Waals surface area contributed by atoms with Gasteiger partial charge in [0.1, 0.15) is 6.61 Å². The van der Waals surface area contributed by atoms with Gasteiger partial charge in [0.05, 0.1) is 5.41 Å². The lowest BCUT2D eigenvalue weighted by molar-refractivity contribution is -0.143. The molecule has 2 amide bonds. The number of amides is 2. The van der Waals surface area contributed by atoms with Crippen LogP contribution in [0.3, 0.4) is 0 Å². The average molecular weight is 492 g/mol. The molecule has 3 aromatic rings. The summed E-state index contributed by atoms with van der Waals surface area (Å²) in [6.07, 6.45) is 2.92. The number of benzene rings is 2. The zero-order chi connectivity index (χ0) is 24.4. The molecule has 0 atom stereocenters. The van der Waals surface area contributed by atoms with Gasteiger partial charge in [0.25, 0.3) is 0 Å². The number of rotatable bonds is 9. The number of carbonyl (C=O) groups excluding carboxylic acids is 2. The molecule has 9 heteroatoms. The zero-order valence-electron chi connectivity index (χ0n) is 19.0. The fourth-order valence-corrected chi connectivity index (χ4v) is 5.21. The largest absolute Gasteiger partial charge is 0.481 e. The third-order valence-corrected chi connectivity index (χ3v) is 7.61. The zero-order valence-corrected chi connectivity index (χ0v) is 19.8. The van der Waals surface area contributed by atoms with Crippen molar-refractivity contribution in [3.63, 3.8) is 0 Å². The molecule has 1 fully saturated rings. The van der Waals surface area contributed by atoms with Crippen LogP contribution in [0.25, 0.3) is 11.1 Å². The van der Waals surface area contributed by atoms with Crippen molar-refractivity contribution in [2.45, 2.75) is 31.6 Å². The van der Waals surface area contributed by atoms with Crippen LogP contribution in [0.2, 0.25) is 0 Å². The van der Waals surface area contributed by atoms with E-state index in [2.05, 4.69) is 39.9 Å². The summed E-state index contributed by atoms with van der Waals surface area (Å²) in [5.41, 5.74) is 3.85. The third kappa shape index (κ3) is 4.90. The predicted molar refractivity (Wildman–Crippen MR) is 131 cm³/mol. The van der Waals surface area contributed by atoms with E-state index in [1.807, 2.05) is 24.3 Å². The van der Waals surface area contributed by atoms with E-state index in [0.29, 0.717) is 24.4 Å². The molecule has 1 heterocycles. The van der Waals surface area contributed by atoms with E-state index in [-0.39, 0.29) is 31.4 Å². The highest BCUT2D eigenvalue weighted by Crippen LogP contribution is 2.45. The summed E-state index contributed by atoms with van der Waals surface area (Å²) in [4.78, 5) is 40.7. The number of thiazole rings is 1. The lowest BCUT2D eigenvalue weighted by Gasteiger charge is -2.14. The molecule has 0 saturated heterocycles.